The SMILES string of the molecule is CCCNC(=O)N1CCN(C(=O)c2ccc(F)c(Cl)c2)CC1. The van der Waals surface area contributed by atoms with E-state index in [9.17, 15) is 14.0 Å². The summed E-state index contributed by atoms with van der Waals surface area (Å²) in [6, 6.07) is 3.84. The average Bonchev–Trinajstić information content (AvgIpc) is 2.54. The van der Waals surface area contributed by atoms with E-state index in [2.05, 4.69) is 5.32 Å². The summed E-state index contributed by atoms with van der Waals surface area (Å²) < 4.78 is 13.1. The van der Waals surface area contributed by atoms with Crippen molar-refractivity contribution in [2.75, 3.05) is 32.7 Å². The van der Waals surface area contributed by atoms with Crippen molar-refractivity contribution in [3.05, 3.63) is 34.6 Å². The number of piperazine rings is 1. The molecule has 0 bridgehead atoms. The van der Waals surface area contributed by atoms with E-state index < -0.39 is 5.82 Å². The standard InChI is InChI=1S/C15H19ClFN3O2/c1-2-5-18-15(22)20-8-6-19(7-9-20)14(21)11-3-4-13(17)12(16)10-11/h3-4,10H,2,5-9H2,1H3,(H,18,22). The second-order valence-electron chi connectivity index (χ2n) is 5.14. The van der Waals surface area contributed by atoms with Crippen molar-refractivity contribution in [2.45, 2.75) is 13.3 Å². The van der Waals surface area contributed by atoms with Crippen LogP contribution >= 0.6 is 11.6 Å². The molecule has 1 saturated heterocycles. The summed E-state index contributed by atoms with van der Waals surface area (Å²) in [7, 11) is 0. The summed E-state index contributed by atoms with van der Waals surface area (Å²) in [4.78, 5) is 27.5. The number of carbonyl (C=O) groups excluding carboxylic acids is 2. The van der Waals surface area contributed by atoms with Crippen LogP contribution in [0.25, 0.3) is 0 Å². The molecule has 1 aromatic carbocycles. The molecule has 1 heterocycles. The molecule has 5 nitrogen and oxygen atoms in total. The van der Waals surface area contributed by atoms with Crippen LogP contribution < -0.4 is 5.32 Å². The monoisotopic (exact) mass is 327 g/mol. The lowest BCUT2D eigenvalue weighted by molar-refractivity contribution is 0.0665. The number of hydrogen-bond acceptors (Lipinski definition) is 2. The van der Waals surface area contributed by atoms with Crippen molar-refractivity contribution in [3.8, 4) is 0 Å². The predicted octanol–water partition coefficient (Wildman–Crippen LogP) is 2.36. The molecule has 0 spiro atoms. The fourth-order valence-electron chi connectivity index (χ4n) is 2.27. The Labute approximate surface area is 134 Å². The van der Waals surface area contributed by atoms with E-state index in [0.29, 0.717) is 38.3 Å². The van der Waals surface area contributed by atoms with Gasteiger partial charge in [-0.1, -0.05) is 18.5 Å². The first-order chi connectivity index (χ1) is 10.5. The van der Waals surface area contributed by atoms with Crippen molar-refractivity contribution in [3.63, 3.8) is 0 Å². The van der Waals surface area contributed by atoms with Crippen LogP contribution in [0.3, 0.4) is 0 Å². The Balaban J connectivity index is 1.92. The lowest BCUT2D eigenvalue weighted by Crippen LogP contribution is -2.53. The third kappa shape index (κ3) is 3.88. The van der Waals surface area contributed by atoms with Gasteiger partial charge in [-0.3, -0.25) is 4.79 Å². The molecular weight excluding hydrogens is 309 g/mol. The minimum absolute atomic E-state index is 0.0663. The van der Waals surface area contributed by atoms with Crippen LogP contribution in [0.4, 0.5) is 9.18 Å². The topological polar surface area (TPSA) is 52.7 Å². The Morgan fingerprint density at radius 3 is 2.45 bits per heavy atom. The second-order valence-corrected chi connectivity index (χ2v) is 5.55. The normalized spacial score (nSPS) is 14.9. The number of nitrogens with one attached hydrogen (secondary N) is 1. The van der Waals surface area contributed by atoms with Crippen LogP contribution in [0.15, 0.2) is 18.2 Å². The number of amides is 3. The van der Waals surface area contributed by atoms with Gasteiger partial charge in [0.05, 0.1) is 5.02 Å². The number of benzene rings is 1. The highest BCUT2D eigenvalue weighted by Gasteiger charge is 2.24. The molecular formula is C15H19ClFN3O2. The van der Waals surface area contributed by atoms with Crippen molar-refractivity contribution >= 4 is 23.5 Å². The van der Waals surface area contributed by atoms with Crippen molar-refractivity contribution < 1.29 is 14.0 Å². The minimum Gasteiger partial charge on any atom is -0.338 e. The number of carbonyl (C=O) groups is 2. The largest absolute Gasteiger partial charge is 0.338 e. The van der Waals surface area contributed by atoms with Crippen LogP contribution in [-0.2, 0) is 0 Å². The highest BCUT2D eigenvalue weighted by Crippen LogP contribution is 2.18. The van der Waals surface area contributed by atoms with Gasteiger partial charge in [0.2, 0.25) is 0 Å². The van der Waals surface area contributed by atoms with Crippen LogP contribution in [0.1, 0.15) is 23.7 Å². The van der Waals surface area contributed by atoms with E-state index in [4.69, 9.17) is 11.6 Å². The summed E-state index contributed by atoms with van der Waals surface area (Å²) in [5.41, 5.74) is 0.357. The van der Waals surface area contributed by atoms with E-state index >= 15 is 0 Å². The zero-order chi connectivity index (χ0) is 16.1. The van der Waals surface area contributed by atoms with Gasteiger partial charge in [-0.25, -0.2) is 9.18 Å². The zero-order valence-electron chi connectivity index (χ0n) is 12.4. The maximum Gasteiger partial charge on any atom is 0.317 e. The molecule has 0 unspecified atom stereocenters. The lowest BCUT2D eigenvalue weighted by atomic mass is 10.2. The maximum absolute atomic E-state index is 13.1. The fourth-order valence-corrected chi connectivity index (χ4v) is 2.45. The van der Waals surface area contributed by atoms with E-state index in [1.54, 1.807) is 9.80 Å². The van der Waals surface area contributed by atoms with Crippen LogP contribution in [0.5, 0.6) is 0 Å². The Morgan fingerprint density at radius 2 is 1.86 bits per heavy atom. The molecule has 7 heteroatoms. The third-order valence-corrected chi connectivity index (χ3v) is 3.84. The van der Waals surface area contributed by atoms with Gasteiger partial charge >= 0.3 is 6.03 Å². The molecule has 1 N–H and O–H groups in total. The predicted molar refractivity (Wildman–Crippen MR) is 82.6 cm³/mol. The molecule has 0 aromatic heterocycles. The minimum atomic E-state index is -0.546. The van der Waals surface area contributed by atoms with Crippen LogP contribution in [0.2, 0.25) is 5.02 Å². The Kier molecular flexibility index (Phi) is 5.60. The van der Waals surface area contributed by atoms with Crippen molar-refractivity contribution in [2.24, 2.45) is 0 Å². The van der Waals surface area contributed by atoms with Crippen LogP contribution in [0, 0.1) is 5.82 Å². The molecule has 1 aliphatic rings. The van der Waals surface area contributed by atoms with Gasteiger partial charge in [0.15, 0.2) is 0 Å². The summed E-state index contributed by atoms with van der Waals surface area (Å²) in [5, 5.41) is 2.75. The Hall–Kier alpha value is -1.82. The smallest absolute Gasteiger partial charge is 0.317 e. The highest BCUT2D eigenvalue weighted by atomic mass is 35.5. The lowest BCUT2D eigenvalue weighted by Gasteiger charge is -2.34. The van der Waals surface area contributed by atoms with Gasteiger partial charge in [-0.2, -0.15) is 0 Å². The molecule has 0 aliphatic carbocycles. The Bertz CT molecular complexity index is 560. The van der Waals surface area contributed by atoms with Crippen molar-refractivity contribution in [1.82, 2.24) is 15.1 Å². The number of halogens is 2. The molecule has 22 heavy (non-hydrogen) atoms. The summed E-state index contributed by atoms with van der Waals surface area (Å²) in [6.45, 7) is 4.50. The molecule has 1 aromatic rings. The Morgan fingerprint density at radius 1 is 1.23 bits per heavy atom. The molecule has 0 radical (unpaired) electrons. The first-order valence-electron chi connectivity index (χ1n) is 7.30. The molecule has 1 aliphatic heterocycles. The number of urea groups is 1. The fraction of sp³-hybridized carbons (Fsp3) is 0.467. The zero-order valence-corrected chi connectivity index (χ0v) is 13.2. The van der Waals surface area contributed by atoms with Crippen LogP contribution in [-0.4, -0.2) is 54.5 Å². The molecule has 120 valence electrons. The maximum atomic E-state index is 13.1. The third-order valence-electron chi connectivity index (χ3n) is 3.55. The average molecular weight is 328 g/mol. The van der Waals surface area contributed by atoms with E-state index in [1.807, 2.05) is 6.92 Å². The molecule has 0 saturated carbocycles. The van der Waals surface area contributed by atoms with Gasteiger partial charge in [-0.05, 0) is 24.6 Å². The highest BCUT2D eigenvalue weighted by molar-refractivity contribution is 6.31. The van der Waals surface area contributed by atoms with Gasteiger partial charge < -0.3 is 15.1 Å². The second kappa shape index (κ2) is 7.45. The number of hydrogen-bond donors (Lipinski definition) is 1. The van der Waals surface area contributed by atoms with Crippen molar-refractivity contribution in [1.29, 1.82) is 0 Å². The summed E-state index contributed by atoms with van der Waals surface area (Å²) >= 11 is 5.70. The van der Waals surface area contributed by atoms with Gasteiger partial charge in [0.25, 0.3) is 5.91 Å². The summed E-state index contributed by atoms with van der Waals surface area (Å²) in [6.07, 6.45) is 0.884. The first-order valence-corrected chi connectivity index (χ1v) is 7.67. The van der Waals surface area contributed by atoms with Gasteiger partial charge in [0, 0.05) is 38.3 Å². The van der Waals surface area contributed by atoms with E-state index in [0.717, 1.165) is 6.42 Å². The summed E-state index contributed by atoms with van der Waals surface area (Å²) in [5.74, 6) is -0.744. The van der Waals surface area contributed by atoms with Gasteiger partial charge in [-0.15, -0.1) is 0 Å². The van der Waals surface area contributed by atoms with E-state index in [1.165, 1.54) is 18.2 Å². The van der Waals surface area contributed by atoms with E-state index in [-0.39, 0.29) is 17.0 Å². The number of rotatable bonds is 3. The number of nitrogens with zero attached hydrogens (tertiary/aromatic N) is 2. The first kappa shape index (κ1) is 16.5. The molecule has 2 rings (SSSR count). The van der Waals surface area contributed by atoms with Gasteiger partial charge in [0.1, 0.15) is 5.82 Å². The molecule has 1 fully saturated rings. The molecule has 0 atom stereocenters. The quantitative estimate of drug-likeness (QED) is 0.926. The molecule has 3 amide bonds.